The number of hydrogen-bond acceptors (Lipinski definition) is 2. The number of alkyl halides is 1. The van der Waals surface area contributed by atoms with Gasteiger partial charge in [0.15, 0.2) is 0 Å². The minimum Gasteiger partial charge on any atom is -0.487 e. The Morgan fingerprint density at radius 2 is 2.10 bits per heavy atom. The van der Waals surface area contributed by atoms with Crippen molar-refractivity contribution < 1.29 is 4.74 Å². The van der Waals surface area contributed by atoms with Crippen LogP contribution in [0.2, 0.25) is 5.02 Å². The van der Waals surface area contributed by atoms with Crippen molar-refractivity contribution in [1.29, 1.82) is 0 Å². The third-order valence-corrected chi connectivity index (χ3v) is 4.86. The molecule has 0 amide bonds. The van der Waals surface area contributed by atoms with E-state index in [1.165, 1.54) is 25.7 Å². The molecule has 2 aromatic rings. The third kappa shape index (κ3) is 3.43. The van der Waals surface area contributed by atoms with Gasteiger partial charge in [-0.1, -0.05) is 46.4 Å². The molecule has 0 bridgehead atoms. The molecule has 0 aliphatic heterocycles. The monoisotopic (exact) mass is 368 g/mol. The third-order valence-electron chi connectivity index (χ3n) is 3.95. The largest absolute Gasteiger partial charge is 0.487 e. The molecular weight excluding hydrogens is 352 g/mol. The van der Waals surface area contributed by atoms with Gasteiger partial charge < -0.3 is 4.74 Å². The summed E-state index contributed by atoms with van der Waals surface area (Å²) in [5.74, 6) is 0.815. The lowest BCUT2D eigenvalue weighted by atomic mass is 10.2. The molecule has 1 aliphatic rings. The standard InChI is InChI=1S/C16H18BrClN2O/c17-10-14-15(18)6-3-7-16(14)21-11-12-8-9-20(19-12)13-4-1-2-5-13/h3,6-9,13H,1-2,4-5,10-11H2. The highest BCUT2D eigenvalue weighted by atomic mass is 79.9. The molecule has 21 heavy (non-hydrogen) atoms. The average molecular weight is 370 g/mol. The Bertz CT molecular complexity index is 608. The van der Waals surface area contributed by atoms with E-state index in [2.05, 4.69) is 31.9 Å². The predicted molar refractivity (Wildman–Crippen MR) is 88.1 cm³/mol. The predicted octanol–water partition coefficient (Wildman–Crippen LogP) is 5.13. The van der Waals surface area contributed by atoms with Crippen LogP contribution in [-0.2, 0) is 11.9 Å². The second kappa shape index (κ2) is 6.84. The second-order valence-electron chi connectivity index (χ2n) is 5.36. The molecule has 0 spiro atoms. The lowest BCUT2D eigenvalue weighted by Crippen LogP contribution is -2.06. The van der Waals surface area contributed by atoms with Crippen molar-refractivity contribution in [2.24, 2.45) is 0 Å². The molecule has 5 heteroatoms. The summed E-state index contributed by atoms with van der Waals surface area (Å²) in [6.07, 6.45) is 7.17. The van der Waals surface area contributed by atoms with E-state index in [1.54, 1.807) is 0 Å². The molecule has 0 atom stereocenters. The highest BCUT2D eigenvalue weighted by molar-refractivity contribution is 9.08. The van der Waals surface area contributed by atoms with E-state index in [1.807, 2.05) is 24.3 Å². The molecule has 0 radical (unpaired) electrons. The van der Waals surface area contributed by atoms with Crippen LogP contribution in [0.5, 0.6) is 5.75 Å². The molecule has 1 saturated carbocycles. The number of aromatic nitrogens is 2. The van der Waals surface area contributed by atoms with Crippen molar-refractivity contribution in [2.75, 3.05) is 0 Å². The van der Waals surface area contributed by atoms with E-state index in [9.17, 15) is 0 Å². The molecule has 112 valence electrons. The van der Waals surface area contributed by atoms with Gasteiger partial charge in [-0.05, 0) is 31.0 Å². The van der Waals surface area contributed by atoms with Crippen LogP contribution in [0.1, 0.15) is 43.0 Å². The first-order valence-electron chi connectivity index (χ1n) is 7.28. The van der Waals surface area contributed by atoms with Gasteiger partial charge >= 0.3 is 0 Å². The molecular formula is C16H18BrClN2O. The molecule has 0 N–H and O–H groups in total. The number of halogens is 2. The molecule has 1 aromatic heterocycles. The van der Waals surface area contributed by atoms with Crippen LogP contribution in [0, 0.1) is 0 Å². The van der Waals surface area contributed by atoms with E-state index >= 15 is 0 Å². The highest BCUT2D eigenvalue weighted by Crippen LogP contribution is 2.30. The number of rotatable bonds is 5. The number of ether oxygens (including phenoxy) is 1. The first-order valence-corrected chi connectivity index (χ1v) is 8.78. The van der Waals surface area contributed by atoms with Crippen molar-refractivity contribution in [3.8, 4) is 5.75 Å². The van der Waals surface area contributed by atoms with Gasteiger partial charge in [-0.15, -0.1) is 0 Å². The zero-order valence-electron chi connectivity index (χ0n) is 11.8. The van der Waals surface area contributed by atoms with Gasteiger partial charge in [0.2, 0.25) is 0 Å². The van der Waals surface area contributed by atoms with Gasteiger partial charge in [0.25, 0.3) is 0 Å². The van der Waals surface area contributed by atoms with Crippen LogP contribution in [0.3, 0.4) is 0 Å². The topological polar surface area (TPSA) is 27.1 Å². The van der Waals surface area contributed by atoms with Crippen molar-refractivity contribution in [3.63, 3.8) is 0 Å². The Morgan fingerprint density at radius 3 is 2.86 bits per heavy atom. The molecule has 1 aliphatic carbocycles. The summed E-state index contributed by atoms with van der Waals surface area (Å²) in [6.45, 7) is 0.472. The van der Waals surface area contributed by atoms with Crippen molar-refractivity contribution in [2.45, 2.75) is 43.7 Å². The average Bonchev–Trinajstić information content (AvgIpc) is 3.16. The summed E-state index contributed by atoms with van der Waals surface area (Å²) < 4.78 is 7.97. The van der Waals surface area contributed by atoms with E-state index in [0.717, 1.165) is 22.0 Å². The van der Waals surface area contributed by atoms with Gasteiger partial charge in [0, 0.05) is 22.1 Å². The fourth-order valence-electron chi connectivity index (χ4n) is 2.78. The fraction of sp³-hybridized carbons (Fsp3) is 0.438. The smallest absolute Gasteiger partial charge is 0.132 e. The summed E-state index contributed by atoms with van der Waals surface area (Å²) in [5.41, 5.74) is 1.94. The Balaban J connectivity index is 1.66. The highest BCUT2D eigenvalue weighted by Gasteiger charge is 2.17. The zero-order valence-corrected chi connectivity index (χ0v) is 14.1. The van der Waals surface area contributed by atoms with Crippen LogP contribution >= 0.6 is 27.5 Å². The normalized spacial score (nSPS) is 15.5. The Kier molecular flexibility index (Phi) is 4.86. The van der Waals surface area contributed by atoms with Crippen molar-refractivity contribution in [3.05, 3.63) is 46.7 Å². The van der Waals surface area contributed by atoms with Crippen LogP contribution < -0.4 is 4.74 Å². The Labute approximate surface area is 138 Å². The summed E-state index contributed by atoms with van der Waals surface area (Å²) in [5, 5.41) is 6.03. The van der Waals surface area contributed by atoms with Crippen LogP contribution in [0.4, 0.5) is 0 Å². The van der Waals surface area contributed by atoms with Gasteiger partial charge in [0.1, 0.15) is 12.4 Å². The summed E-state index contributed by atoms with van der Waals surface area (Å²) in [4.78, 5) is 0. The Hall–Kier alpha value is -1.00. The van der Waals surface area contributed by atoms with Crippen molar-refractivity contribution in [1.82, 2.24) is 9.78 Å². The quantitative estimate of drug-likeness (QED) is 0.683. The fourth-order valence-corrected chi connectivity index (χ4v) is 3.75. The van der Waals surface area contributed by atoms with Crippen molar-refractivity contribution >= 4 is 27.5 Å². The maximum Gasteiger partial charge on any atom is 0.132 e. The zero-order chi connectivity index (χ0) is 14.7. The van der Waals surface area contributed by atoms with E-state index < -0.39 is 0 Å². The molecule has 1 aromatic carbocycles. The van der Waals surface area contributed by atoms with Gasteiger partial charge in [-0.3, -0.25) is 4.68 Å². The molecule has 0 unspecified atom stereocenters. The molecule has 3 rings (SSSR count). The van der Waals surface area contributed by atoms with Gasteiger partial charge in [-0.2, -0.15) is 5.10 Å². The van der Waals surface area contributed by atoms with Crippen LogP contribution in [0.25, 0.3) is 0 Å². The van der Waals surface area contributed by atoms with Gasteiger partial charge in [0.05, 0.1) is 11.7 Å². The van der Waals surface area contributed by atoms with Crippen LogP contribution in [0.15, 0.2) is 30.5 Å². The molecule has 3 nitrogen and oxygen atoms in total. The minimum absolute atomic E-state index is 0.472. The van der Waals surface area contributed by atoms with Crippen LogP contribution in [-0.4, -0.2) is 9.78 Å². The molecule has 1 fully saturated rings. The lowest BCUT2D eigenvalue weighted by Gasteiger charge is -2.11. The minimum atomic E-state index is 0.472. The maximum atomic E-state index is 6.17. The second-order valence-corrected chi connectivity index (χ2v) is 6.33. The number of nitrogens with zero attached hydrogens (tertiary/aromatic N) is 2. The first kappa shape index (κ1) is 14.9. The van der Waals surface area contributed by atoms with E-state index in [0.29, 0.717) is 18.0 Å². The first-order chi connectivity index (χ1) is 10.3. The summed E-state index contributed by atoms with van der Waals surface area (Å²) in [6, 6.07) is 8.33. The van der Waals surface area contributed by atoms with Gasteiger partial charge in [-0.25, -0.2) is 0 Å². The lowest BCUT2D eigenvalue weighted by molar-refractivity contribution is 0.296. The molecule has 0 saturated heterocycles. The SMILES string of the molecule is Clc1cccc(OCc2ccn(C3CCCC3)n2)c1CBr. The summed E-state index contributed by atoms with van der Waals surface area (Å²) in [7, 11) is 0. The number of benzene rings is 1. The molecule has 1 heterocycles. The van der Waals surface area contributed by atoms with E-state index in [-0.39, 0.29) is 0 Å². The Morgan fingerprint density at radius 1 is 1.29 bits per heavy atom. The maximum absolute atomic E-state index is 6.17. The summed E-state index contributed by atoms with van der Waals surface area (Å²) >= 11 is 9.62. The number of hydrogen-bond donors (Lipinski definition) is 0. The van der Waals surface area contributed by atoms with E-state index in [4.69, 9.17) is 16.3 Å².